The summed E-state index contributed by atoms with van der Waals surface area (Å²) in [4.78, 5) is 27.8. The number of likely N-dealkylation sites (N-methyl/N-ethyl adjacent to an activating group) is 1. The molecule has 0 bridgehead atoms. The second kappa shape index (κ2) is 6.35. The molecule has 1 saturated heterocycles. The summed E-state index contributed by atoms with van der Waals surface area (Å²) >= 11 is 0. The summed E-state index contributed by atoms with van der Waals surface area (Å²) in [5.41, 5.74) is -2.45. The van der Waals surface area contributed by atoms with E-state index in [1.807, 2.05) is 25.9 Å². The van der Waals surface area contributed by atoms with E-state index in [1.54, 1.807) is 4.90 Å². The summed E-state index contributed by atoms with van der Waals surface area (Å²) in [5, 5.41) is 0. The highest BCUT2D eigenvalue weighted by molar-refractivity contribution is 5.76. The first-order valence-corrected chi connectivity index (χ1v) is 7.32. The molecule has 0 aromatic carbocycles. The topological polar surface area (TPSA) is 45.6 Å². The number of halogens is 3. The van der Waals surface area contributed by atoms with Crippen LogP contribution in [0.5, 0.6) is 0 Å². The second-order valence-corrected chi connectivity index (χ2v) is 6.16. The fourth-order valence-corrected chi connectivity index (χ4v) is 2.95. The van der Waals surface area contributed by atoms with E-state index < -0.39 is 17.3 Å². The minimum Gasteiger partial charge on any atom is -0.339 e. The molecule has 0 saturated carbocycles. The molecule has 5 nitrogen and oxygen atoms in total. The van der Waals surface area contributed by atoms with Gasteiger partial charge in [-0.25, -0.2) is 0 Å². The predicted octanol–water partition coefficient (Wildman–Crippen LogP) is 1.28. The molecular weight excluding hydrogens is 311 g/mol. The molecule has 1 aliphatic heterocycles. The molecule has 0 aliphatic carbocycles. The lowest BCUT2D eigenvalue weighted by Gasteiger charge is -2.22. The first-order chi connectivity index (χ1) is 10.6. The zero-order chi connectivity index (χ0) is 17.4. The molecule has 2 heterocycles. The van der Waals surface area contributed by atoms with E-state index >= 15 is 0 Å². The highest BCUT2D eigenvalue weighted by Crippen LogP contribution is 2.26. The van der Waals surface area contributed by atoms with Gasteiger partial charge in [0.15, 0.2) is 0 Å². The number of rotatable bonds is 3. The average molecular weight is 331 g/mol. The van der Waals surface area contributed by atoms with Crippen molar-refractivity contribution in [2.45, 2.75) is 25.7 Å². The second-order valence-electron chi connectivity index (χ2n) is 6.16. The van der Waals surface area contributed by atoms with Gasteiger partial charge in [-0.2, -0.15) is 13.2 Å². The molecule has 2 atom stereocenters. The van der Waals surface area contributed by atoms with E-state index in [-0.39, 0.29) is 24.4 Å². The van der Waals surface area contributed by atoms with Gasteiger partial charge in [0.25, 0.3) is 5.56 Å². The Morgan fingerprint density at radius 3 is 2.52 bits per heavy atom. The first-order valence-electron chi connectivity index (χ1n) is 7.32. The lowest BCUT2D eigenvalue weighted by atomic mass is 10.1. The molecule has 0 unspecified atom stereocenters. The molecule has 1 aromatic heterocycles. The largest absolute Gasteiger partial charge is 0.421 e. The van der Waals surface area contributed by atoms with Crippen LogP contribution in [0.3, 0.4) is 0 Å². The van der Waals surface area contributed by atoms with Crippen molar-refractivity contribution in [2.75, 3.05) is 27.2 Å². The van der Waals surface area contributed by atoms with Gasteiger partial charge >= 0.3 is 6.18 Å². The van der Waals surface area contributed by atoms with E-state index in [9.17, 15) is 22.8 Å². The maximum absolute atomic E-state index is 12.7. The van der Waals surface area contributed by atoms with Gasteiger partial charge in [-0.3, -0.25) is 9.59 Å². The van der Waals surface area contributed by atoms with Crippen molar-refractivity contribution in [3.63, 3.8) is 0 Å². The van der Waals surface area contributed by atoms with Gasteiger partial charge in [0, 0.05) is 25.3 Å². The van der Waals surface area contributed by atoms with E-state index in [2.05, 4.69) is 0 Å². The molecule has 8 heteroatoms. The standard InChI is InChI=1S/C15H20F3N3O2/c1-10-7-21(8-12(10)19(2)3)13(22)9-20-6-4-5-11(14(20)23)15(16,17)18/h4-6,10,12H,7-9H2,1-3H3/t10-,12+/m1/s1. The van der Waals surface area contributed by atoms with Crippen LogP contribution in [-0.4, -0.2) is 53.5 Å². The molecule has 1 amide bonds. The number of likely N-dealkylation sites (tertiary alicyclic amines) is 1. The fraction of sp³-hybridized carbons (Fsp3) is 0.600. The third kappa shape index (κ3) is 3.74. The van der Waals surface area contributed by atoms with Crippen molar-refractivity contribution in [3.8, 4) is 0 Å². The van der Waals surface area contributed by atoms with E-state index in [1.165, 1.54) is 6.20 Å². The molecule has 0 spiro atoms. The Morgan fingerprint density at radius 2 is 2.00 bits per heavy atom. The van der Waals surface area contributed by atoms with E-state index in [4.69, 9.17) is 0 Å². The zero-order valence-electron chi connectivity index (χ0n) is 13.3. The lowest BCUT2D eigenvalue weighted by molar-refractivity contribution is -0.139. The van der Waals surface area contributed by atoms with Gasteiger partial charge in [0.05, 0.1) is 0 Å². The number of aromatic nitrogens is 1. The van der Waals surface area contributed by atoms with Gasteiger partial charge in [-0.05, 0) is 32.1 Å². The van der Waals surface area contributed by atoms with E-state index in [0.29, 0.717) is 13.1 Å². The summed E-state index contributed by atoms with van der Waals surface area (Å²) in [5.74, 6) is -0.0743. The number of alkyl halides is 3. The number of pyridine rings is 1. The quantitative estimate of drug-likeness (QED) is 0.838. The van der Waals surface area contributed by atoms with Gasteiger partial charge in [-0.1, -0.05) is 6.92 Å². The normalized spacial score (nSPS) is 22.0. The fourth-order valence-electron chi connectivity index (χ4n) is 2.95. The summed E-state index contributed by atoms with van der Waals surface area (Å²) in [6.45, 7) is 2.69. The predicted molar refractivity (Wildman–Crippen MR) is 78.9 cm³/mol. The Balaban J connectivity index is 2.15. The number of carbonyl (C=O) groups excluding carboxylic acids is 1. The Morgan fingerprint density at radius 1 is 1.35 bits per heavy atom. The molecule has 0 radical (unpaired) electrons. The van der Waals surface area contributed by atoms with Gasteiger partial charge in [0.2, 0.25) is 5.91 Å². The van der Waals surface area contributed by atoms with Crippen LogP contribution in [0.2, 0.25) is 0 Å². The van der Waals surface area contributed by atoms with Crippen LogP contribution >= 0.6 is 0 Å². The minimum atomic E-state index is -4.72. The maximum atomic E-state index is 12.7. The number of hydrogen-bond donors (Lipinski definition) is 0. The molecule has 1 fully saturated rings. The molecule has 1 aromatic rings. The van der Waals surface area contributed by atoms with Crippen molar-refractivity contribution in [3.05, 3.63) is 34.2 Å². The number of hydrogen-bond acceptors (Lipinski definition) is 3. The van der Waals surface area contributed by atoms with Crippen molar-refractivity contribution in [1.82, 2.24) is 14.4 Å². The molecule has 2 rings (SSSR count). The first kappa shape index (κ1) is 17.5. The maximum Gasteiger partial charge on any atom is 0.421 e. The molecular formula is C15H20F3N3O2. The van der Waals surface area contributed by atoms with Gasteiger partial charge in [0.1, 0.15) is 12.1 Å². The smallest absolute Gasteiger partial charge is 0.339 e. The van der Waals surface area contributed by atoms with Crippen molar-refractivity contribution in [2.24, 2.45) is 5.92 Å². The summed E-state index contributed by atoms with van der Waals surface area (Å²) in [6, 6.07) is 2.06. The van der Waals surface area contributed by atoms with Crippen LogP contribution < -0.4 is 5.56 Å². The van der Waals surface area contributed by atoms with Crippen molar-refractivity contribution < 1.29 is 18.0 Å². The molecule has 128 valence electrons. The highest BCUT2D eigenvalue weighted by atomic mass is 19.4. The Labute approximate surface area is 132 Å². The van der Waals surface area contributed by atoms with Crippen LogP contribution in [0, 0.1) is 5.92 Å². The van der Waals surface area contributed by atoms with Gasteiger partial charge in [-0.15, -0.1) is 0 Å². The third-order valence-corrected chi connectivity index (χ3v) is 4.22. The van der Waals surface area contributed by atoms with Crippen LogP contribution in [0.1, 0.15) is 12.5 Å². The van der Waals surface area contributed by atoms with Crippen LogP contribution in [0.15, 0.2) is 23.1 Å². The zero-order valence-corrected chi connectivity index (χ0v) is 13.3. The third-order valence-electron chi connectivity index (χ3n) is 4.22. The monoisotopic (exact) mass is 331 g/mol. The summed E-state index contributed by atoms with van der Waals surface area (Å²) in [6.07, 6.45) is -3.51. The molecule has 0 N–H and O–H groups in total. The Bertz CT molecular complexity index is 640. The Kier molecular flexibility index (Phi) is 4.84. The number of nitrogens with zero attached hydrogens (tertiary/aromatic N) is 3. The van der Waals surface area contributed by atoms with Gasteiger partial charge < -0.3 is 14.4 Å². The Hall–Kier alpha value is -1.83. The van der Waals surface area contributed by atoms with Crippen LogP contribution in [0.4, 0.5) is 13.2 Å². The number of carbonyl (C=O) groups is 1. The SMILES string of the molecule is C[C@@H]1CN(C(=O)Cn2cccc(C(F)(F)F)c2=O)C[C@@H]1N(C)C. The summed E-state index contributed by atoms with van der Waals surface area (Å²) < 4.78 is 39.1. The van der Waals surface area contributed by atoms with E-state index in [0.717, 1.165) is 16.7 Å². The number of amides is 1. The molecule has 23 heavy (non-hydrogen) atoms. The van der Waals surface area contributed by atoms with Crippen molar-refractivity contribution >= 4 is 5.91 Å². The van der Waals surface area contributed by atoms with Crippen LogP contribution in [-0.2, 0) is 17.5 Å². The minimum absolute atomic E-state index is 0.206. The average Bonchev–Trinajstić information content (AvgIpc) is 2.82. The lowest BCUT2D eigenvalue weighted by Crippen LogP contribution is -2.38. The van der Waals surface area contributed by atoms with Crippen LogP contribution in [0.25, 0.3) is 0 Å². The molecule has 1 aliphatic rings. The van der Waals surface area contributed by atoms with Crippen molar-refractivity contribution in [1.29, 1.82) is 0 Å². The summed E-state index contributed by atoms with van der Waals surface area (Å²) in [7, 11) is 3.85. The highest BCUT2D eigenvalue weighted by Gasteiger charge is 2.36.